The number of ether oxygens (including phenoxy) is 1. The van der Waals surface area contributed by atoms with Gasteiger partial charge >= 0.3 is 150 Å². The number of alkyl halides is 3. The van der Waals surface area contributed by atoms with Gasteiger partial charge in [-0.1, -0.05) is 0 Å². The first-order chi connectivity index (χ1) is 11.7. The van der Waals surface area contributed by atoms with Crippen LogP contribution in [0.5, 0.6) is 5.75 Å². The van der Waals surface area contributed by atoms with E-state index in [9.17, 15) is 18.0 Å². The summed E-state index contributed by atoms with van der Waals surface area (Å²) in [6.45, 7) is 1.79. The predicted molar refractivity (Wildman–Crippen MR) is 90.5 cm³/mol. The Labute approximate surface area is 149 Å². The Kier molecular flexibility index (Phi) is 4.56. The third kappa shape index (κ3) is 3.53. The number of fused-ring (bicyclic) bond motifs is 1. The van der Waals surface area contributed by atoms with Gasteiger partial charge < -0.3 is 0 Å². The quantitative estimate of drug-likeness (QED) is 0.719. The molecule has 0 fully saturated rings. The molecular weight excluding hydrogens is 398 g/mol. The first-order valence-corrected chi connectivity index (χ1v) is 9.64. The molecule has 1 heterocycles. The van der Waals surface area contributed by atoms with Crippen molar-refractivity contribution < 1.29 is 22.7 Å². The van der Waals surface area contributed by atoms with Crippen molar-refractivity contribution >= 4 is 31.0 Å². The molecule has 1 amide bonds. The van der Waals surface area contributed by atoms with Gasteiger partial charge in [-0.3, -0.25) is 0 Å². The number of anilines is 1. The number of amides is 1. The van der Waals surface area contributed by atoms with Crippen LogP contribution < -0.4 is 14.1 Å². The number of nitrogens with zero attached hydrogens (tertiary/aromatic N) is 1. The van der Waals surface area contributed by atoms with Crippen LogP contribution in [0.4, 0.5) is 18.9 Å². The van der Waals surface area contributed by atoms with Gasteiger partial charge in [0.1, 0.15) is 0 Å². The van der Waals surface area contributed by atoms with E-state index in [-0.39, 0.29) is 26.6 Å². The molecule has 0 unspecified atom stereocenters. The van der Waals surface area contributed by atoms with Crippen LogP contribution in [-0.2, 0) is 10.2 Å². The third-order valence-corrected chi connectivity index (χ3v) is 6.99. The Balaban J connectivity index is 1.92. The molecule has 132 valence electrons. The van der Waals surface area contributed by atoms with E-state index in [1.807, 2.05) is 30.3 Å². The summed E-state index contributed by atoms with van der Waals surface area (Å²) < 4.78 is 42.7. The average molecular weight is 414 g/mol. The van der Waals surface area contributed by atoms with E-state index in [0.717, 1.165) is 4.46 Å². The molecule has 2 aromatic carbocycles. The van der Waals surface area contributed by atoms with Gasteiger partial charge in [0.2, 0.25) is 0 Å². The number of carbonyl (C=O) groups excluding carboxylic acids is 1. The van der Waals surface area contributed by atoms with Crippen LogP contribution in [0, 0.1) is 0 Å². The summed E-state index contributed by atoms with van der Waals surface area (Å²) in [5.74, 6) is -0.405. The van der Waals surface area contributed by atoms with Gasteiger partial charge in [-0.25, -0.2) is 0 Å². The van der Waals surface area contributed by atoms with Crippen molar-refractivity contribution in [3.05, 3.63) is 54.1 Å². The standard InChI is InChI=1S/C18H16F3NO2Se/c1-17(11-25-13-6-4-3-5-7-13)14-10-12(24-18(19,20)21)8-9-15(14)22(2)16(17)23/h3-10H,11H2,1-2H3/t17-/m0/s1. The van der Waals surface area contributed by atoms with Crippen LogP contribution in [0.3, 0.4) is 0 Å². The Hall–Kier alpha value is -1.98. The van der Waals surface area contributed by atoms with Crippen molar-refractivity contribution in [3.63, 3.8) is 0 Å². The van der Waals surface area contributed by atoms with Gasteiger partial charge in [0.25, 0.3) is 0 Å². The summed E-state index contributed by atoms with van der Waals surface area (Å²) in [6, 6.07) is 13.9. The number of hydrogen-bond acceptors (Lipinski definition) is 2. The monoisotopic (exact) mass is 415 g/mol. The summed E-state index contributed by atoms with van der Waals surface area (Å²) in [7, 11) is 1.65. The van der Waals surface area contributed by atoms with Gasteiger partial charge in [0, 0.05) is 0 Å². The normalized spacial score (nSPS) is 19.9. The van der Waals surface area contributed by atoms with Crippen LogP contribution in [0.2, 0.25) is 5.32 Å². The Morgan fingerprint density at radius 1 is 1.16 bits per heavy atom. The number of carbonyl (C=O) groups is 1. The van der Waals surface area contributed by atoms with Crippen LogP contribution in [0.25, 0.3) is 0 Å². The molecule has 25 heavy (non-hydrogen) atoms. The summed E-state index contributed by atoms with van der Waals surface area (Å²) in [5.41, 5.74) is 0.357. The molecule has 0 saturated carbocycles. The second-order valence-electron chi connectivity index (χ2n) is 6.02. The number of hydrogen-bond donors (Lipinski definition) is 0. The fraction of sp³-hybridized carbons (Fsp3) is 0.278. The van der Waals surface area contributed by atoms with E-state index in [2.05, 4.69) is 4.74 Å². The van der Waals surface area contributed by atoms with E-state index in [0.29, 0.717) is 16.6 Å². The molecule has 1 aliphatic heterocycles. The number of benzene rings is 2. The maximum atomic E-state index is 12.8. The zero-order chi connectivity index (χ0) is 18.2. The predicted octanol–water partition coefficient (Wildman–Crippen LogP) is 3.27. The van der Waals surface area contributed by atoms with E-state index in [1.54, 1.807) is 14.0 Å². The average Bonchev–Trinajstić information content (AvgIpc) is 2.75. The molecule has 0 bridgehead atoms. The zero-order valence-electron chi connectivity index (χ0n) is 13.6. The van der Waals surface area contributed by atoms with Crippen LogP contribution in [0.1, 0.15) is 12.5 Å². The molecule has 0 N–H and O–H groups in total. The summed E-state index contributed by atoms with van der Waals surface area (Å²) in [4.78, 5) is 14.3. The first kappa shape index (κ1) is 17.8. The summed E-state index contributed by atoms with van der Waals surface area (Å²) in [6.07, 6.45) is -4.76. The summed E-state index contributed by atoms with van der Waals surface area (Å²) in [5, 5.41) is 0.565. The number of rotatable bonds is 4. The Morgan fingerprint density at radius 2 is 1.84 bits per heavy atom. The second-order valence-corrected chi connectivity index (χ2v) is 8.23. The maximum absolute atomic E-state index is 12.8. The third-order valence-electron chi connectivity index (χ3n) is 4.20. The molecule has 3 nitrogen and oxygen atoms in total. The van der Waals surface area contributed by atoms with Gasteiger partial charge in [0.15, 0.2) is 0 Å². The number of halogens is 3. The van der Waals surface area contributed by atoms with Crippen LogP contribution >= 0.6 is 0 Å². The Bertz CT molecular complexity index is 795. The molecule has 0 aromatic heterocycles. The first-order valence-electron chi connectivity index (χ1n) is 7.57. The Morgan fingerprint density at radius 3 is 2.48 bits per heavy atom. The SMILES string of the molecule is CN1C(=O)[C@@](C)(C[Se]c2ccccc2)c2cc(OC(F)(F)F)ccc21. The van der Waals surface area contributed by atoms with Gasteiger partial charge in [-0.05, 0) is 0 Å². The van der Waals surface area contributed by atoms with Crippen molar-refractivity contribution in [1.82, 2.24) is 0 Å². The number of likely N-dealkylation sites (N-methyl/N-ethyl adjacent to an activating group) is 1. The summed E-state index contributed by atoms with van der Waals surface area (Å²) >= 11 is 0.0228. The molecule has 0 aliphatic carbocycles. The van der Waals surface area contributed by atoms with E-state index >= 15 is 0 Å². The van der Waals surface area contributed by atoms with Crippen molar-refractivity contribution in [2.45, 2.75) is 24.0 Å². The molecule has 3 rings (SSSR count). The van der Waals surface area contributed by atoms with Crippen molar-refractivity contribution in [1.29, 1.82) is 0 Å². The molecular formula is C18H16F3NO2Se. The fourth-order valence-electron chi connectivity index (χ4n) is 2.93. The van der Waals surface area contributed by atoms with E-state index in [4.69, 9.17) is 0 Å². The minimum absolute atomic E-state index is 0.0228. The van der Waals surface area contributed by atoms with Crippen molar-refractivity contribution in [2.75, 3.05) is 11.9 Å². The fourth-order valence-corrected chi connectivity index (χ4v) is 5.20. The minimum atomic E-state index is -4.76. The van der Waals surface area contributed by atoms with Gasteiger partial charge in [0.05, 0.1) is 0 Å². The van der Waals surface area contributed by atoms with Crippen molar-refractivity contribution in [3.8, 4) is 5.75 Å². The second kappa shape index (κ2) is 6.39. The molecule has 0 saturated heterocycles. The van der Waals surface area contributed by atoms with E-state index < -0.39 is 11.8 Å². The zero-order valence-corrected chi connectivity index (χ0v) is 15.3. The van der Waals surface area contributed by atoms with Crippen molar-refractivity contribution in [2.24, 2.45) is 0 Å². The van der Waals surface area contributed by atoms with Crippen LogP contribution in [0.15, 0.2) is 48.5 Å². The van der Waals surface area contributed by atoms with Gasteiger partial charge in [-0.2, -0.15) is 0 Å². The molecule has 7 heteroatoms. The molecule has 2 aromatic rings. The van der Waals surface area contributed by atoms with Crippen LogP contribution in [-0.4, -0.2) is 34.3 Å². The van der Waals surface area contributed by atoms with E-state index in [1.165, 1.54) is 23.1 Å². The molecule has 1 atom stereocenters. The van der Waals surface area contributed by atoms with Gasteiger partial charge in [-0.15, -0.1) is 0 Å². The topological polar surface area (TPSA) is 29.5 Å². The molecule has 0 spiro atoms. The molecule has 0 radical (unpaired) electrons. The molecule has 1 aliphatic rings.